The van der Waals surface area contributed by atoms with E-state index in [-0.39, 0.29) is 4.90 Å². The average Bonchev–Trinajstić information content (AvgIpc) is 1.49. The number of para-hydroxylation sites is 1. The quantitative estimate of drug-likeness (QED) is 0.147. The van der Waals surface area contributed by atoms with E-state index in [9.17, 15) is 38.4 Å². The monoisotopic (exact) mass is 929 g/mol. The molecule has 0 heterocycles. The molecule has 69 heavy (non-hydrogen) atoms. The number of rotatable bonds is 8. The van der Waals surface area contributed by atoms with E-state index in [0.29, 0.717) is 0 Å². The minimum absolute atomic E-state index is 0.00482. The molecule has 1 heteroatoms. The van der Waals surface area contributed by atoms with Gasteiger partial charge < -0.3 is 4.90 Å². The number of hydrogen-bond donors (Lipinski definition) is 0. The van der Waals surface area contributed by atoms with Gasteiger partial charge in [-0.25, -0.2) is 0 Å². The van der Waals surface area contributed by atoms with Crippen LogP contribution in [-0.4, -0.2) is 0 Å². The molecule has 326 valence electrons. The van der Waals surface area contributed by atoms with E-state index in [2.05, 4.69) is 0 Å². The lowest BCUT2D eigenvalue weighted by Gasteiger charge is -2.35. The Bertz CT molecular complexity index is 6370. The summed E-state index contributed by atoms with van der Waals surface area (Å²) in [5.41, 5.74) is -33.4. The highest BCUT2D eigenvalue weighted by atomic mass is 15.1. The van der Waals surface area contributed by atoms with Crippen molar-refractivity contribution in [2.45, 2.75) is 24.5 Å². The maximum atomic E-state index is 11.0. The summed E-state index contributed by atoms with van der Waals surface area (Å²) in [4.78, 5) is 0.00482. The van der Waals surface area contributed by atoms with Crippen LogP contribution in [0.5, 0.6) is 0 Å². The summed E-state index contributed by atoms with van der Waals surface area (Å²) in [5, 5.41) is -2.23. The number of nitrogens with zero attached hydrogens (tertiary/aromatic N) is 1. The lowest BCUT2D eigenvalue weighted by atomic mass is 9.67. The minimum Gasteiger partial charge on any atom is -0.310 e. The van der Waals surface area contributed by atoms with Crippen LogP contribution < -0.4 is 4.90 Å². The highest BCUT2D eigenvalue weighted by Gasteiger charge is 2.46. The second kappa shape index (κ2) is 16.1. The number of benzene rings is 11. The second-order valence-corrected chi connectivity index (χ2v) is 15.0. The van der Waals surface area contributed by atoms with Crippen LogP contribution in [-0.2, 0) is 10.8 Å². The van der Waals surface area contributed by atoms with Crippen molar-refractivity contribution in [3.8, 4) is 55.6 Å². The van der Waals surface area contributed by atoms with Gasteiger partial charge in [-0.05, 0) is 124 Å². The molecule has 13 rings (SSSR count). The lowest BCUT2D eigenvalue weighted by molar-refractivity contribution is 0.660. The van der Waals surface area contributed by atoms with Gasteiger partial charge in [0.15, 0.2) is 0 Å². The fraction of sp³-hybridized carbons (Fsp3) is 0.0588. The standard InChI is InChI=1S/C68H49N/c1-67(2)60-33-17-15-31-58(60)66-59(32-20-35-62(66)67)65-54-29-13-12-23-47(54)39-43-55(65)48-37-40-51(41-38-48)69(64-36-19-16-28-53(64)46-21-6-3-7-22-46)52-42-44-57-56-30-14-18-34-61(56)68(63(57)45-52,49-24-8-4-9-25-49)50-26-10-5-11-27-50/h3-45H,1-2H3/i1D3,2D3,3D,4D,5D,6D,7D,8D,9D,10D,11D,12D,13D,14D,15D,16D,17D,18D,19D,20D,21D,22D,23D,24D,25D,26D,27D,28D,29D,30D,31D,32D,33D,34D,35D,36D,37D,38D,39D,40D,41D,42D,43D,44D,45D. The van der Waals surface area contributed by atoms with Crippen molar-refractivity contribution in [1.82, 2.24) is 0 Å². The van der Waals surface area contributed by atoms with E-state index in [0.717, 1.165) is 0 Å². The van der Waals surface area contributed by atoms with Gasteiger partial charge in [0, 0.05) is 30.6 Å². The zero-order valence-corrected chi connectivity index (χ0v) is 34.4. The molecule has 0 fully saturated rings. The van der Waals surface area contributed by atoms with Gasteiger partial charge in [0.05, 0.1) is 70.0 Å². The van der Waals surface area contributed by atoms with Crippen LogP contribution in [0.15, 0.2) is 260 Å². The van der Waals surface area contributed by atoms with Crippen molar-refractivity contribution >= 4 is 27.8 Å². The minimum atomic E-state index is -4.15. The summed E-state index contributed by atoms with van der Waals surface area (Å²) in [7, 11) is 0. The SMILES string of the molecule is [2H]c1c([2H])c([2H])c(-c2c([2H])c([2H])c([2H])c([2H])c2N(c2c([2H])c([2H])c(-c3c([2H])c([2H])c4c([2H])c([2H])c([2H])c([2H])c4c3-c3c([2H])c([2H])c([2H])c4c3-c3c([2H])c([2H])c([2H])c([2H])c3C4(C([2H])([2H])[2H])C([2H])([2H])[2H])c([2H])c2[2H])c2c([2H])c([2H])c3c(c2[2H])C(c2c([2H])c([2H])c([2H])c([2H])c2[2H])(c2c([2H])c([2H])c([2H])c([2H])c2[2H])c2c([2H])c([2H])c([2H])c([2H])c2-3)c([2H])c1[2H]. The largest absolute Gasteiger partial charge is 0.310 e. The molecule has 0 amide bonds. The van der Waals surface area contributed by atoms with Gasteiger partial charge in [0.2, 0.25) is 0 Å². The van der Waals surface area contributed by atoms with Gasteiger partial charge in [0.25, 0.3) is 0 Å². The number of anilines is 3. The molecule has 0 saturated heterocycles. The molecule has 11 aromatic rings. The van der Waals surface area contributed by atoms with Gasteiger partial charge in [-0.1, -0.05) is 243 Å². The molecule has 0 spiro atoms. The Kier molecular flexibility index (Phi) is 3.38. The summed E-state index contributed by atoms with van der Waals surface area (Å²) >= 11 is 0. The lowest BCUT2D eigenvalue weighted by Crippen LogP contribution is -2.28. The predicted octanol–water partition coefficient (Wildman–Crippen LogP) is 18.0. The average molecular weight is 929 g/mol. The highest BCUT2D eigenvalue weighted by Crippen LogP contribution is 2.58. The maximum absolute atomic E-state index is 11.0. The molecule has 2 aliphatic carbocycles. The maximum Gasteiger partial charge on any atom is 0.0714 e. The molecule has 0 aliphatic heterocycles. The topological polar surface area (TPSA) is 3.24 Å². The van der Waals surface area contributed by atoms with Crippen LogP contribution in [0.2, 0.25) is 0 Å². The summed E-state index contributed by atoms with van der Waals surface area (Å²) in [6, 6.07) is -60.9. The first kappa shape index (κ1) is 14.5. The van der Waals surface area contributed by atoms with Gasteiger partial charge >= 0.3 is 0 Å². The first-order valence-electron chi connectivity index (χ1n) is 44.7. The summed E-state index contributed by atoms with van der Waals surface area (Å²) < 4.78 is 463. The molecule has 2 aliphatic rings. The van der Waals surface area contributed by atoms with E-state index in [1.807, 2.05) is 0 Å². The predicted molar refractivity (Wildman–Crippen MR) is 290 cm³/mol. The number of fused-ring (bicyclic) bond motifs is 7. The van der Waals surface area contributed by atoms with Crippen molar-refractivity contribution < 1.29 is 67.2 Å². The van der Waals surface area contributed by atoms with Gasteiger partial charge in [-0.3, -0.25) is 0 Å². The third-order valence-electron chi connectivity index (χ3n) is 11.5. The Hall–Kier alpha value is -8.52. The Morgan fingerprint density at radius 2 is 0.884 bits per heavy atom. The summed E-state index contributed by atoms with van der Waals surface area (Å²) in [6.07, 6.45) is 0. The zero-order valence-electron chi connectivity index (χ0n) is 83.4. The fourth-order valence-electron chi connectivity index (χ4n) is 8.67. The third kappa shape index (κ3) is 6.24. The van der Waals surface area contributed by atoms with Gasteiger partial charge in [-0.2, -0.15) is 0 Å². The molecular formula is C68H49N. The molecule has 11 aromatic carbocycles. The molecular weight excluding hydrogens is 831 g/mol. The van der Waals surface area contributed by atoms with E-state index in [1.54, 1.807) is 0 Å². The van der Waals surface area contributed by atoms with E-state index in [4.69, 9.17) is 28.8 Å². The van der Waals surface area contributed by atoms with Crippen LogP contribution >= 0.6 is 0 Å². The number of hydrogen-bond acceptors (Lipinski definition) is 1. The Morgan fingerprint density at radius 1 is 0.348 bits per heavy atom. The van der Waals surface area contributed by atoms with Crippen molar-refractivity contribution in [2.75, 3.05) is 4.90 Å². The summed E-state index contributed by atoms with van der Waals surface area (Å²) in [5.74, 6) is 0. The van der Waals surface area contributed by atoms with Crippen molar-refractivity contribution in [2.24, 2.45) is 0 Å². The molecule has 0 bridgehead atoms. The van der Waals surface area contributed by atoms with Crippen LogP contribution in [0, 0.1) is 0 Å². The Morgan fingerprint density at radius 3 is 1.62 bits per heavy atom. The van der Waals surface area contributed by atoms with E-state index in [1.165, 1.54) is 0 Å². The molecule has 1 nitrogen and oxygen atoms in total. The van der Waals surface area contributed by atoms with Crippen molar-refractivity contribution in [3.63, 3.8) is 0 Å². The van der Waals surface area contributed by atoms with Crippen LogP contribution in [0.1, 0.15) is 114 Å². The molecule has 0 aromatic heterocycles. The van der Waals surface area contributed by atoms with Gasteiger partial charge in [-0.15, -0.1) is 0 Å². The second-order valence-electron chi connectivity index (χ2n) is 15.0. The van der Waals surface area contributed by atoms with E-state index >= 15 is 0 Å². The van der Waals surface area contributed by atoms with Crippen molar-refractivity contribution in [1.29, 1.82) is 0 Å². The molecule has 0 N–H and O–H groups in total. The Balaban J connectivity index is 1.34. The van der Waals surface area contributed by atoms with Crippen LogP contribution in [0.4, 0.5) is 17.1 Å². The zero-order chi connectivity index (χ0) is 88.5. The summed E-state index contributed by atoms with van der Waals surface area (Å²) in [6.45, 7) is -8.30. The normalized spacial score (nSPS) is 24.0. The third-order valence-corrected chi connectivity index (χ3v) is 11.5. The van der Waals surface area contributed by atoms with Crippen LogP contribution in [0.3, 0.4) is 0 Å². The van der Waals surface area contributed by atoms with Gasteiger partial charge in [0.1, 0.15) is 0 Å². The Labute approximate surface area is 474 Å². The first-order chi connectivity index (χ1) is 54.4. The van der Waals surface area contributed by atoms with Crippen molar-refractivity contribution in [3.05, 3.63) is 293 Å². The molecule has 0 unspecified atom stereocenters. The molecule has 0 atom stereocenters. The van der Waals surface area contributed by atoms with Crippen LogP contribution in [0.25, 0.3) is 66.4 Å². The molecule has 0 saturated carbocycles. The fourth-order valence-corrected chi connectivity index (χ4v) is 8.67. The molecule has 0 radical (unpaired) electrons. The smallest absolute Gasteiger partial charge is 0.0714 e. The first-order valence-corrected chi connectivity index (χ1v) is 20.2. The van der Waals surface area contributed by atoms with E-state index < -0.39 is 401 Å². The highest BCUT2D eigenvalue weighted by molar-refractivity contribution is 6.09.